The summed E-state index contributed by atoms with van der Waals surface area (Å²) in [6.45, 7) is 2.92. The fourth-order valence-electron chi connectivity index (χ4n) is 1.29. The third-order valence-corrected chi connectivity index (χ3v) is 2.34. The first-order valence-corrected chi connectivity index (χ1v) is 5.96. The number of hydrogen-bond acceptors (Lipinski definition) is 3. The molecule has 0 amide bonds. The van der Waals surface area contributed by atoms with Gasteiger partial charge in [-0.25, -0.2) is 8.78 Å². The molecule has 1 aromatic carbocycles. The van der Waals surface area contributed by atoms with Crippen LogP contribution < -0.4 is 10.5 Å². The summed E-state index contributed by atoms with van der Waals surface area (Å²) in [5.74, 6) is -2.09. The molecule has 0 saturated carbocycles. The van der Waals surface area contributed by atoms with Gasteiger partial charge < -0.3 is 15.2 Å². The van der Waals surface area contributed by atoms with Crippen LogP contribution in [-0.4, -0.2) is 24.8 Å². The Hall–Kier alpha value is -1.27. The Morgan fingerprint density at radius 2 is 1.83 bits per heavy atom. The molecule has 18 heavy (non-hydrogen) atoms. The predicted octanol–water partition coefficient (Wildman–Crippen LogP) is 2.40. The predicted molar refractivity (Wildman–Crippen MR) is 68.9 cm³/mol. The van der Waals surface area contributed by atoms with Gasteiger partial charge in [0.25, 0.3) is 0 Å². The van der Waals surface area contributed by atoms with Crippen molar-refractivity contribution in [3.8, 4) is 5.75 Å². The molecule has 6 heteroatoms. The Kier molecular flexibility index (Phi) is 5.94. The van der Waals surface area contributed by atoms with Gasteiger partial charge in [-0.1, -0.05) is 19.1 Å². The van der Waals surface area contributed by atoms with Gasteiger partial charge in [-0.2, -0.15) is 0 Å². The van der Waals surface area contributed by atoms with Crippen molar-refractivity contribution in [2.75, 3.05) is 19.8 Å². The Labute approximate surface area is 110 Å². The van der Waals surface area contributed by atoms with E-state index in [1.165, 1.54) is 0 Å². The largest absolute Gasteiger partial charge is 0.485 e. The van der Waals surface area contributed by atoms with Gasteiger partial charge in [0, 0.05) is 12.2 Å². The molecule has 0 aliphatic heterocycles. The standard InChI is InChI=1S/C12H15F2NO2S/c1-2-3-16-4-5-17-11-9(13)6-8(12(15)18)7-10(11)14/h6-7H,2-5H2,1H3,(H2,15,18). The van der Waals surface area contributed by atoms with Gasteiger partial charge >= 0.3 is 0 Å². The molecule has 0 aromatic heterocycles. The normalized spacial score (nSPS) is 10.4. The molecule has 0 spiro atoms. The molecule has 2 N–H and O–H groups in total. The van der Waals surface area contributed by atoms with Crippen molar-refractivity contribution < 1.29 is 18.3 Å². The number of thiocarbonyl (C=S) groups is 1. The third-order valence-electron chi connectivity index (χ3n) is 2.11. The van der Waals surface area contributed by atoms with E-state index < -0.39 is 17.4 Å². The highest BCUT2D eigenvalue weighted by atomic mass is 32.1. The van der Waals surface area contributed by atoms with Crippen molar-refractivity contribution in [3.63, 3.8) is 0 Å². The molecule has 0 atom stereocenters. The summed E-state index contributed by atoms with van der Waals surface area (Å²) < 4.78 is 37.2. The molecule has 1 aromatic rings. The maximum Gasteiger partial charge on any atom is 0.190 e. The van der Waals surface area contributed by atoms with E-state index in [2.05, 4.69) is 12.2 Å². The van der Waals surface area contributed by atoms with E-state index in [9.17, 15) is 8.78 Å². The van der Waals surface area contributed by atoms with Gasteiger partial charge in [0.05, 0.1) is 6.61 Å². The summed E-state index contributed by atoms with van der Waals surface area (Å²) >= 11 is 4.64. The second kappa shape index (κ2) is 7.23. The molecule has 0 aliphatic rings. The van der Waals surface area contributed by atoms with Crippen LogP contribution in [0.4, 0.5) is 8.78 Å². The van der Waals surface area contributed by atoms with Crippen LogP contribution in [0.1, 0.15) is 18.9 Å². The Bertz CT molecular complexity index is 404. The van der Waals surface area contributed by atoms with Gasteiger partial charge in [0.1, 0.15) is 11.6 Å². The van der Waals surface area contributed by atoms with Gasteiger partial charge in [-0.05, 0) is 18.6 Å². The zero-order chi connectivity index (χ0) is 13.5. The van der Waals surface area contributed by atoms with Crippen molar-refractivity contribution in [3.05, 3.63) is 29.3 Å². The second-order valence-corrected chi connectivity index (χ2v) is 4.03. The lowest BCUT2D eigenvalue weighted by Crippen LogP contribution is -2.12. The van der Waals surface area contributed by atoms with Crippen LogP contribution in [0, 0.1) is 11.6 Å². The second-order valence-electron chi connectivity index (χ2n) is 3.59. The van der Waals surface area contributed by atoms with Gasteiger partial charge in [0.2, 0.25) is 0 Å². The SMILES string of the molecule is CCCOCCOc1c(F)cc(C(N)=S)cc1F. The van der Waals surface area contributed by atoms with Crippen molar-refractivity contribution in [1.29, 1.82) is 0 Å². The van der Waals surface area contributed by atoms with Crippen molar-refractivity contribution in [1.82, 2.24) is 0 Å². The van der Waals surface area contributed by atoms with E-state index >= 15 is 0 Å². The Morgan fingerprint density at radius 3 is 2.33 bits per heavy atom. The minimum atomic E-state index is -0.826. The summed E-state index contributed by atoms with van der Waals surface area (Å²) in [6.07, 6.45) is 0.880. The summed E-state index contributed by atoms with van der Waals surface area (Å²) in [6, 6.07) is 2.10. The summed E-state index contributed by atoms with van der Waals surface area (Å²) in [4.78, 5) is -0.0642. The van der Waals surface area contributed by atoms with Crippen molar-refractivity contribution >= 4 is 17.2 Å². The van der Waals surface area contributed by atoms with E-state index in [0.717, 1.165) is 18.6 Å². The quantitative estimate of drug-likeness (QED) is 0.613. The Morgan fingerprint density at radius 1 is 1.22 bits per heavy atom. The van der Waals surface area contributed by atoms with Crippen LogP contribution in [0.15, 0.2) is 12.1 Å². The number of rotatable bonds is 7. The number of hydrogen-bond donors (Lipinski definition) is 1. The van der Waals surface area contributed by atoms with Crippen LogP contribution in [0.5, 0.6) is 5.75 Å². The van der Waals surface area contributed by atoms with E-state index in [4.69, 9.17) is 15.2 Å². The van der Waals surface area contributed by atoms with E-state index in [-0.39, 0.29) is 23.8 Å². The maximum atomic E-state index is 13.5. The summed E-state index contributed by atoms with van der Waals surface area (Å²) in [7, 11) is 0. The first-order chi connectivity index (χ1) is 8.56. The molecular formula is C12H15F2NO2S. The highest BCUT2D eigenvalue weighted by molar-refractivity contribution is 7.80. The average Bonchev–Trinajstić information content (AvgIpc) is 2.31. The average molecular weight is 275 g/mol. The number of halogens is 2. The first kappa shape index (κ1) is 14.8. The number of ether oxygens (including phenoxy) is 2. The van der Waals surface area contributed by atoms with E-state index in [0.29, 0.717) is 6.61 Å². The lowest BCUT2D eigenvalue weighted by atomic mass is 10.2. The zero-order valence-electron chi connectivity index (χ0n) is 10.0. The molecule has 100 valence electrons. The van der Waals surface area contributed by atoms with Crippen LogP contribution in [0.3, 0.4) is 0 Å². The monoisotopic (exact) mass is 275 g/mol. The summed E-state index contributed by atoms with van der Waals surface area (Å²) in [5, 5.41) is 0. The highest BCUT2D eigenvalue weighted by Gasteiger charge is 2.13. The molecule has 0 saturated heterocycles. The van der Waals surface area contributed by atoms with Gasteiger partial charge in [-0.3, -0.25) is 0 Å². The first-order valence-electron chi connectivity index (χ1n) is 5.55. The molecule has 0 radical (unpaired) electrons. The van der Waals surface area contributed by atoms with Crippen LogP contribution in [-0.2, 0) is 4.74 Å². The molecule has 3 nitrogen and oxygen atoms in total. The fraction of sp³-hybridized carbons (Fsp3) is 0.417. The fourth-order valence-corrected chi connectivity index (χ4v) is 1.41. The van der Waals surface area contributed by atoms with Crippen molar-refractivity contribution in [2.24, 2.45) is 5.73 Å². The molecule has 0 heterocycles. The molecule has 0 unspecified atom stereocenters. The minimum Gasteiger partial charge on any atom is -0.485 e. The lowest BCUT2D eigenvalue weighted by Gasteiger charge is -2.10. The van der Waals surface area contributed by atoms with Crippen LogP contribution in [0.2, 0.25) is 0 Å². The lowest BCUT2D eigenvalue weighted by molar-refractivity contribution is 0.0975. The molecule has 0 aliphatic carbocycles. The molecule has 1 rings (SSSR count). The van der Waals surface area contributed by atoms with E-state index in [1.807, 2.05) is 6.92 Å². The number of benzene rings is 1. The zero-order valence-corrected chi connectivity index (χ0v) is 10.9. The maximum absolute atomic E-state index is 13.5. The topological polar surface area (TPSA) is 44.5 Å². The van der Waals surface area contributed by atoms with E-state index in [1.54, 1.807) is 0 Å². The summed E-state index contributed by atoms with van der Waals surface area (Å²) in [5.41, 5.74) is 5.43. The molecule has 0 fully saturated rings. The smallest absolute Gasteiger partial charge is 0.190 e. The number of nitrogens with two attached hydrogens (primary N) is 1. The third kappa shape index (κ3) is 4.19. The Balaban J connectivity index is 2.63. The highest BCUT2D eigenvalue weighted by Crippen LogP contribution is 2.23. The minimum absolute atomic E-state index is 0.0642. The molecular weight excluding hydrogens is 260 g/mol. The van der Waals surface area contributed by atoms with Crippen LogP contribution >= 0.6 is 12.2 Å². The van der Waals surface area contributed by atoms with Gasteiger partial charge in [-0.15, -0.1) is 0 Å². The van der Waals surface area contributed by atoms with Gasteiger partial charge in [0.15, 0.2) is 17.4 Å². The van der Waals surface area contributed by atoms with Crippen LogP contribution in [0.25, 0.3) is 0 Å². The van der Waals surface area contributed by atoms with Crippen molar-refractivity contribution in [2.45, 2.75) is 13.3 Å². The molecule has 0 bridgehead atoms.